The number of rotatable bonds is 2. The van der Waals surface area contributed by atoms with Crippen LogP contribution in [0, 0.1) is 0 Å². The molecular formula is C11H9N3O2. The highest BCUT2D eigenvalue weighted by atomic mass is 16.1. The predicted molar refractivity (Wildman–Crippen MR) is 61.2 cm³/mol. The van der Waals surface area contributed by atoms with Crippen molar-refractivity contribution in [1.82, 2.24) is 9.97 Å². The maximum atomic E-state index is 11.5. The summed E-state index contributed by atoms with van der Waals surface area (Å²) in [5.41, 5.74) is 0.885. The Bertz CT molecular complexity index is 616. The topological polar surface area (TPSA) is 74.8 Å². The number of aromatic nitrogens is 2. The van der Waals surface area contributed by atoms with E-state index in [1.54, 1.807) is 18.2 Å². The van der Waals surface area contributed by atoms with Gasteiger partial charge in [0.05, 0.1) is 17.2 Å². The van der Waals surface area contributed by atoms with Gasteiger partial charge >= 0.3 is 0 Å². The first-order valence-electron chi connectivity index (χ1n) is 4.61. The fourth-order valence-electron chi connectivity index (χ4n) is 1.34. The van der Waals surface area contributed by atoms with Crippen molar-refractivity contribution in [3.63, 3.8) is 0 Å². The van der Waals surface area contributed by atoms with Crippen molar-refractivity contribution in [2.45, 2.75) is 0 Å². The molecule has 0 unspecified atom stereocenters. The number of nitrogens with zero attached hydrogens (tertiary/aromatic N) is 1. The molecule has 0 bridgehead atoms. The zero-order chi connectivity index (χ0) is 11.5. The molecule has 0 atom stereocenters. The average molecular weight is 215 g/mol. The molecule has 0 fully saturated rings. The van der Waals surface area contributed by atoms with E-state index in [-0.39, 0.29) is 11.5 Å². The van der Waals surface area contributed by atoms with E-state index in [0.717, 1.165) is 6.08 Å². The number of carbonyl (C=O) groups excluding carboxylic acids is 1. The normalized spacial score (nSPS) is 10.0. The van der Waals surface area contributed by atoms with Gasteiger partial charge in [-0.05, 0) is 24.3 Å². The van der Waals surface area contributed by atoms with Crippen molar-refractivity contribution < 1.29 is 4.79 Å². The highest BCUT2D eigenvalue weighted by Gasteiger charge is 2.02. The number of fused-ring (bicyclic) bond motifs is 1. The maximum absolute atomic E-state index is 11.5. The monoisotopic (exact) mass is 215 g/mol. The maximum Gasteiger partial charge on any atom is 0.258 e. The van der Waals surface area contributed by atoms with Crippen LogP contribution in [-0.4, -0.2) is 15.9 Å². The summed E-state index contributed by atoms with van der Waals surface area (Å²) in [6.07, 6.45) is 2.50. The van der Waals surface area contributed by atoms with Gasteiger partial charge in [0, 0.05) is 5.69 Å². The summed E-state index contributed by atoms with van der Waals surface area (Å²) in [5.74, 6) is -0.320. The second kappa shape index (κ2) is 3.98. The Morgan fingerprint density at radius 2 is 2.31 bits per heavy atom. The van der Waals surface area contributed by atoms with Crippen LogP contribution < -0.4 is 10.9 Å². The Kier molecular flexibility index (Phi) is 2.51. The Hall–Kier alpha value is -2.43. The summed E-state index contributed by atoms with van der Waals surface area (Å²) in [4.78, 5) is 29.0. The lowest BCUT2D eigenvalue weighted by atomic mass is 10.2. The molecule has 5 heteroatoms. The second-order valence-electron chi connectivity index (χ2n) is 3.16. The second-order valence-corrected chi connectivity index (χ2v) is 3.16. The van der Waals surface area contributed by atoms with Crippen LogP contribution in [0.3, 0.4) is 0 Å². The van der Waals surface area contributed by atoms with Gasteiger partial charge in [0.2, 0.25) is 5.91 Å². The molecule has 5 nitrogen and oxygen atoms in total. The van der Waals surface area contributed by atoms with E-state index in [4.69, 9.17) is 0 Å². The zero-order valence-electron chi connectivity index (χ0n) is 8.36. The van der Waals surface area contributed by atoms with Gasteiger partial charge in [-0.3, -0.25) is 9.59 Å². The van der Waals surface area contributed by atoms with E-state index >= 15 is 0 Å². The summed E-state index contributed by atoms with van der Waals surface area (Å²) < 4.78 is 0. The number of H-pyrrole nitrogens is 1. The van der Waals surface area contributed by atoms with E-state index in [1.165, 1.54) is 6.33 Å². The quantitative estimate of drug-likeness (QED) is 0.735. The van der Waals surface area contributed by atoms with Crippen molar-refractivity contribution in [2.24, 2.45) is 0 Å². The van der Waals surface area contributed by atoms with E-state index in [9.17, 15) is 9.59 Å². The van der Waals surface area contributed by atoms with Crippen LogP contribution in [0.1, 0.15) is 0 Å². The number of anilines is 1. The van der Waals surface area contributed by atoms with Gasteiger partial charge in [0.15, 0.2) is 0 Å². The summed E-state index contributed by atoms with van der Waals surface area (Å²) in [6, 6.07) is 4.92. The first-order valence-corrected chi connectivity index (χ1v) is 4.61. The van der Waals surface area contributed by atoms with E-state index in [0.29, 0.717) is 16.6 Å². The fraction of sp³-hybridized carbons (Fsp3) is 0. The van der Waals surface area contributed by atoms with E-state index in [1.807, 2.05) is 0 Å². The molecule has 1 aromatic heterocycles. The molecule has 0 radical (unpaired) electrons. The molecule has 1 aromatic carbocycles. The number of carbonyl (C=O) groups is 1. The van der Waals surface area contributed by atoms with Crippen LogP contribution in [0.15, 0.2) is 42.0 Å². The lowest BCUT2D eigenvalue weighted by Gasteiger charge is -2.02. The SMILES string of the molecule is C=CC(=O)Nc1ccc2nc[nH]c(=O)c2c1. The molecule has 1 heterocycles. The third-order valence-electron chi connectivity index (χ3n) is 2.09. The van der Waals surface area contributed by atoms with Gasteiger partial charge in [0.25, 0.3) is 5.56 Å². The van der Waals surface area contributed by atoms with Gasteiger partial charge in [-0.15, -0.1) is 0 Å². The molecule has 1 amide bonds. The molecule has 80 valence electrons. The van der Waals surface area contributed by atoms with Crippen LogP contribution >= 0.6 is 0 Å². The van der Waals surface area contributed by atoms with Crippen molar-refractivity contribution in [1.29, 1.82) is 0 Å². The highest BCUT2D eigenvalue weighted by molar-refractivity contribution is 6.00. The Morgan fingerprint density at radius 1 is 1.50 bits per heavy atom. The molecular weight excluding hydrogens is 206 g/mol. The molecule has 0 aliphatic heterocycles. The van der Waals surface area contributed by atoms with Crippen LogP contribution in [0.2, 0.25) is 0 Å². The van der Waals surface area contributed by atoms with Gasteiger partial charge in [0.1, 0.15) is 0 Å². The largest absolute Gasteiger partial charge is 0.323 e. The third kappa shape index (κ3) is 1.83. The van der Waals surface area contributed by atoms with E-state index in [2.05, 4.69) is 21.9 Å². The smallest absolute Gasteiger partial charge is 0.258 e. The number of aromatic amines is 1. The summed E-state index contributed by atoms with van der Waals surface area (Å²) in [6.45, 7) is 3.34. The third-order valence-corrected chi connectivity index (χ3v) is 2.09. The predicted octanol–water partition coefficient (Wildman–Crippen LogP) is 1.05. The molecule has 2 N–H and O–H groups in total. The molecule has 0 saturated heterocycles. The lowest BCUT2D eigenvalue weighted by Crippen LogP contribution is -2.10. The van der Waals surface area contributed by atoms with Crippen LogP contribution in [0.5, 0.6) is 0 Å². The summed E-state index contributed by atoms with van der Waals surface area (Å²) in [7, 11) is 0. The first-order chi connectivity index (χ1) is 7.70. The number of amides is 1. The highest BCUT2D eigenvalue weighted by Crippen LogP contribution is 2.13. The first kappa shape index (κ1) is 10.1. The summed E-state index contributed by atoms with van der Waals surface area (Å²) >= 11 is 0. The van der Waals surface area contributed by atoms with Crippen LogP contribution in [0.4, 0.5) is 5.69 Å². The van der Waals surface area contributed by atoms with Gasteiger partial charge in [-0.2, -0.15) is 0 Å². The zero-order valence-corrected chi connectivity index (χ0v) is 8.36. The van der Waals surface area contributed by atoms with Gasteiger partial charge < -0.3 is 10.3 Å². The average Bonchev–Trinajstić information content (AvgIpc) is 2.30. The molecule has 0 spiro atoms. The Labute approximate surface area is 90.8 Å². The standard InChI is InChI=1S/C11H9N3O2/c1-2-10(15)14-7-3-4-9-8(5-7)11(16)13-6-12-9/h2-6H,1H2,(H,14,15)(H,12,13,16). The molecule has 0 saturated carbocycles. The van der Waals surface area contributed by atoms with E-state index < -0.39 is 0 Å². The minimum atomic E-state index is -0.320. The van der Waals surface area contributed by atoms with Crippen molar-refractivity contribution in [3.05, 3.63) is 47.5 Å². The molecule has 16 heavy (non-hydrogen) atoms. The Balaban J connectivity index is 2.51. The van der Waals surface area contributed by atoms with Crippen molar-refractivity contribution in [2.75, 3.05) is 5.32 Å². The molecule has 0 aliphatic carbocycles. The van der Waals surface area contributed by atoms with Crippen LogP contribution in [0.25, 0.3) is 10.9 Å². The molecule has 2 aromatic rings. The van der Waals surface area contributed by atoms with Gasteiger partial charge in [-0.1, -0.05) is 6.58 Å². The van der Waals surface area contributed by atoms with Crippen LogP contribution in [-0.2, 0) is 4.79 Å². The summed E-state index contributed by atoms with van der Waals surface area (Å²) in [5, 5.41) is 3.01. The minimum absolute atomic E-state index is 0.236. The lowest BCUT2D eigenvalue weighted by molar-refractivity contribution is -0.111. The van der Waals surface area contributed by atoms with Gasteiger partial charge in [-0.25, -0.2) is 4.98 Å². The number of benzene rings is 1. The number of nitrogens with one attached hydrogen (secondary N) is 2. The molecule has 2 rings (SSSR count). The van der Waals surface area contributed by atoms with Crippen molar-refractivity contribution in [3.8, 4) is 0 Å². The fourth-order valence-corrected chi connectivity index (χ4v) is 1.34. The Morgan fingerprint density at radius 3 is 3.06 bits per heavy atom. The minimum Gasteiger partial charge on any atom is -0.323 e. The number of hydrogen-bond donors (Lipinski definition) is 2. The number of hydrogen-bond acceptors (Lipinski definition) is 3. The molecule has 0 aliphatic rings. The van der Waals surface area contributed by atoms with Crippen molar-refractivity contribution >= 4 is 22.5 Å².